The van der Waals surface area contributed by atoms with E-state index in [9.17, 15) is 14.0 Å². The maximum atomic E-state index is 13.2. The second kappa shape index (κ2) is 9.56. The largest absolute Gasteiger partial charge is 0.326 e. The molecule has 0 saturated heterocycles. The van der Waals surface area contributed by atoms with E-state index in [1.54, 1.807) is 31.3 Å². The summed E-state index contributed by atoms with van der Waals surface area (Å²) >= 11 is 31.1. The predicted molar refractivity (Wildman–Crippen MR) is 136 cm³/mol. The van der Waals surface area contributed by atoms with Crippen LogP contribution in [0.2, 0.25) is 15.1 Å². The number of alkyl halides is 2. The second-order valence-corrected chi connectivity index (χ2v) is 10.5. The molecule has 1 saturated carbocycles. The summed E-state index contributed by atoms with van der Waals surface area (Å²) in [5, 5.41) is 3.66. The van der Waals surface area contributed by atoms with E-state index in [2.05, 4.69) is 5.32 Å². The summed E-state index contributed by atoms with van der Waals surface area (Å²) in [5.74, 6) is -2.50. The van der Waals surface area contributed by atoms with Gasteiger partial charge in [0.1, 0.15) is 10.2 Å². The van der Waals surface area contributed by atoms with Crippen LogP contribution in [0.25, 0.3) is 0 Å². The lowest BCUT2D eigenvalue weighted by Gasteiger charge is -2.18. The number of carbonyl (C=O) groups excluding carboxylic acids is 2. The summed E-state index contributed by atoms with van der Waals surface area (Å²) in [4.78, 5) is 27.3. The third-order valence-electron chi connectivity index (χ3n) is 5.62. The quantitative estimate of drug-likeness (QED) is 0.327. The number of rotatable bonds is 5. The Morgan fingerprint density at radius 1 is 0.912 bits per heavy atom. The molecule has 4 nitrogen and oxygen atoms in total. The van der Waals surface area contributed by atoms with Gasteiger partial charge in [0.2, 0.25) is 5.91 Å². The van der Waals surface area contributed by atoms with Crippen molar-refractivity contribution in [3.63, 3.8) is 0 Å². The highest BCUT2D eigenvalue weighted by Crippen LogP contribution is 2.65. The Balaban J connectivity index is 1.53. The van der Waals surface area contributed by atoms with Gasteiger partial charge in [0.05, 0.1) is 26.5 Å². The Kier molecular flexibility index (Phi) is 7.05. The predicted octanol–water partition coefficient (Wildman–Crippen LogP) is 7.59. The third kappa shape index (κ3) is 4.86. The highest BCUT2D eigenvalue weighted by Gasteiger charge is 2.67. The van der Waals surface area contributed by atoms with Gasteiger partial charge in [0.25, 0.3) is 5.91 Å². The van der Waals surface area contributed by atoms with Crippen LogP contribution in [0.5, 0.6) is 0 Å². The van der Waals surface area contributed by atoms with Crippen molar-refractivity contribution in [3.8, 4) is 0 Å². The van der Waals surface area contributed by atoms with E-state index in [4.69, 9.17) is 58.0 Å². The SMILES string of the molecule is CN(C(=O)c1cc(NC(=O)[C@H]2[C@H](c3ccc(Cl)c(Cl)c3)C2(Cl)Cl)ccc1Cl)c1ccc(F)cc1. The molecular formula is C24H16Cl5FN2O2. The zero-order chi connectivity index (χ0) is 24.8. The number of nitrogens with zero attached hydrogens (tertiary/aromatic N) is 1. The van der Waals surface area contributed by atoms with Crippen LogP contribution in [0.15, 0.2) is 60.7 Å². The molecule has 2 atom stereocenters. The molecule has 0 bridgehead atoms. The molecule has 0 radical (unpaired) electrons. The summed E-state index contributed by atoms with van der Waals surface area (Å²) in [5.41, 5.74) is 1.67. The lowest BCUT2D eigenvalue weighted by molar-refractivity contribution is -0.117. The van der Waals surface area contributed by atoms with Crippen LogP contribution >= 0.6 is 58.0 Å². The van der Waals surface area contributed by atoms with E-state index < -0.39 is 33.8 Å². The molecule has 0 aromatic heterocycles. The first-order chi connectivity index (χ1) is 16.0. The monoisotopic (exact) mass is 558 g/mol. The first-order valence-corrected chi connectivity index (χ1v) is 11.9. The van der Waals surface area contributed by atoms with Crippen molar-refractivity contribution in [1.82, 2.24) is 0 Å². The highest BCUT2D eigenvalue weighted by molar-refractivity contribution is 6.53. The normalized spacial score (nSPS) is 18.3. The van der Waals surface area contributed by atoms with Crippen LogP contribution in [0, 0.1) is 11.7 Å². The molecule has 0 aliphatic heterocycles. The van der Waals surface area contributed by atoms with Gasteiger partial charge in [0, 0.05) is 24.3 Å². The van der Waals surface area contributed by atoms with E-state index in [0.29, 0.717) is 27.0 Å². The van der Waals surface area contributed by atoms with Gasteiger partial charge in [-0.15, -0.1) is 23.2 Å². The van der Waals surface area contributed by atoms with Crippen molar-refractivity contribution >= 4 is 81.2 Å². The minimum atomic E-state index is -1.32. The van der Waals surface area contributed by atoms with Gasteiger partial charge in [-0.1, -0.05) is 40.9 Å². The molecule has 10 heteroatoms. The Labute approximate surface area is 220 Å². The van der Waals surface area contributed by atoms with Gasteiger partial charge in [-0.25, -0.2) is 4.39 Å². The summed E-state index contributed by atoms with van der Waals surface area (Å²) in [7, 11) is 1.54. The molecule has 3 aromatic carbocycles. The molecule has 1 N–H and O–H groups in total. The first-order valence-electron chi connectivity index (χ1n) is 9.97. The van der Waals surface area contributed by atoms with Crippen molar-refractivity contribution in [3.05, 3.63) is 92.7 Å². The molecule has 1 aliphatic carbocycles. The Bertz CT molecular complexity index is 1280. The second-order valence-electron chi connectivity index (χ2n) is 7.83. The fourth-order valence-corrected chi connectivity index (χ4v) is 5.06. The lowest BCUT2D eigenvalue weighted by Crippen LogP contribution is -2.26. The standard InChI is InChI=1S/C24H16Cl5FN2O2/c1-32(15-6-3-13(30)4-7-15)23(34)16-11-14(5-9-17(16)25)31-22(33)21-20(24(21,28)29)12-2-8-18(26)19(27)10-12/h2-11,20-21H,1H3,(H,31,33)/t20-,21+/m0/s1. The number of anilines is 2. The lowest BCUT2D eigenvalue weighted by atomic mass is 10.1. The summed E-state index contributed by atoms with van der Waals surface area (Å²) < 4.78 is 11.9. The summed E-state index contributed by atoms with van der Waals surface area (Å²) in [6, 6.07) is 14.9. The van der Waals surface area contributed by atoms with Crippen LogP contribution in [0.4, 0.5) is 15.8 Å². The van der Waals surface area contributed by atoms with E-state index >= 15 is 0 Å². The number of amides is 2. The van der Waals surface area contributed by atoms with Gasteiger partial charge < -0.3 is 10.2 Å². The van der Waals surface area contributed by atoms with Crippen molar-refractivity contribution < 1.29 is 14.0 Å². The number of halogens is 6. The Morgan fingerprint density at radius 2 is 1.56 bits per heavy atom. The van der Waals surface area contributed by atoms with E-state index in [0.717, 1.165) is 0 Å². The zero-order valence-electron chi connectivity index (χ0n) is 17.5. The maximum absolute atomic E-state index is 13.2. The third-order valence-corrected chi connectivity index (χ3v) is 7.63. The van der Waals surface area contributed by atoms with Gasteiger partial charge in [0.15, 0.2) is 0 Å². The van der Waals surface area contributed by atoms with E-state index in [1.165, 1.54) is 41.3 Å². The van der Waals surface area contributed by atoms with E-state index in [-0.39, 0.29) is 10.6 Å². The van der Waals surface area contributed by atoms with Crippen molar-refractivity contribution in [2.24, 2.45) is 5.92 Å². The fourth-order valence-electron chi connectivity index (χ4n) is 3.72. The number of carbonyl (C=O) groups is 2. The van der Waals surface area contributed by atoms with Crippen LogP contribution in [-0.2, 0) is 4.79 Å². The molecule has 1 aliphatic rings. The molecule has 3 aromatic rings. The van der Waals surface area contributed by atoms with Gasteiger partial charge in [-0.3, -0.25) is 9.59 Å². The number of hydrogen-bond acceptors (Lipinski definition) is 2. The summed E-state index contributed by atoms with van der Waals surface area (Å²) in [6.07, 6.45) is 0. The molecule has 0 unspecified atom stereocenters. The van der Waals surface area contributed by atoms with Crippen molar-refractivity contribution in [1.29, 1.82) is 0 Å². The number of benzene rings is 3. The molecule has 0 spiro atoms. The molecule has 4 rings (SSSR count). The Hall–Kier alpha value is -2.02. The van der Waals surface area contributed by atoms with Gasteiger partial charge >= 0.3 is 0 Å². The fraction of sp³-hybridized carbons (Fsp3) is 0.167. The molecule has 34 heavy (non-hydrogen) atoms. The number of hydrogen-bond donors (Lipinski definition) is 1. The maximum Gasteiger partial charge on any atom is 0.259 e. The average Bonchev–Trinajstić information content (AvgIpc) is 3.38. The van der Waals surface area contributed by atoms with Crippen LogP contribution in [0.3, 0.4) is 0 Å². The van der Waals surface area contributed by atoms with Crippen LogP contribution in [-0.4, -0.2) is 23.2 Å². The van der Waals surface area contributed by atoms with Crippen molar-refractivity contribution in [2.45, 2.75) is 10.3 Å². The van der Waals surface area contributed by atoms with E-state index in [1.807, 2.05) is 0 Å². The molecule has 2 amide bonds. The molecular weight excluding hydrogens is 545 g/mol. The zero-order valence-corrected chi connectivity index (χ0v) is 21.2. The van der Waals surface area contributed by atoms with Crippen molar-refractivity contribution in [2.75, 3.05) is 17.3 Å². The minimum absolute atomic E-state index is 0.158. The summed E-state index contributed by atoms with van der Waals surface area (Å²) in [6.45, 7) is 0. The molecule has 0 heterocycles. The number of nitrogens with one attached hydrogen (secondary N) is 1. The smallest absolute Gasteiger partial charge is 0.259 e. The van der Waals surface area contributed by atoms with Gasteiger partial charge in [-0.05, 0) is 60.2 Å². The van der Waals surface area contributed by atoms with Crippen LogP contribution in [0.1, 0.15) is 21.8 Å². The molecule has 1 fully saturated rings. The Morgan fingerprint density at radius 3 is 2.21 bits per heavy atom. The van der Waals surface area contributed by atoms with Gasteiger partial charge in [-0.2, -0.15) is 0 Å². The minimum Gasteiger partial charge on any atom is -0.326 e. The average molecular weight is 561 g/mol. The topological polar surface area (TPSA) is 49.4 Å². The first kappa shape index (κ1) is 25.1. The molecule has 176 valence electrons. The van der Waals surface area contributed by atoms with Crippen LogP contribution < -0.4 is 10.2 Å². The highest BCUT2D eigenvalue weighted by atomic mass is 35.5.